The van der Waals surface area contributed by atoms with Crippen molar-refractivity contribution in [3.63, 3.8) is 0 Å². The van der Waals surface area contributed by atoms with E-state index in [1.807, 2.05) is 0 Å². The summed E-state index contributed by atoms with van der Waals surface area (Å²) in [4.78, 5) is 0. The molecule has 3 heteroatoms. The average Bonchev–Trinajstić information content (AvgIpc) is 2.48. The maximum Gasteiger partial charge on any atom is 0.0516 e. The van der Waals surface area contributed by atoms with E-state index < -0.39 is 0 Å². The van der Waals surface area contributed by atoms with Crippen molar-refractivity contribution in [3.8, 4) is 0 Å². The fourth-order valence-electron chi connectivity index (χ4n) is 2.28. The average molecular weight is 288 g/mol. The highest BCUT2D eigenvalue weighted by Crippen LogP contribution is 2.10. The molecular formula is C17H36O3. The molecule has 0 bridgehead atoms. The zero-order chi connectivity index (χ0) is 14.9. The van der Waals surface area contributed by atoms with E-state index in [0.29, 0.717) is 19.1 Å². The second kappa shape index (κ2) is 16.9. The zero-order valence-electron chi connectivity index (χ0n) is 13.5. The molecule has 0 amide bonds. The van der Waals surface area contributed by atoms with Crippen LogP contribution in [0.25, 0.3) is 0 Å². The molecule has 20 heavy (non-hydrogen) atoms. The highest BCUT2D eigenvalue weighted by molar-refractivity contribution is 4.53. The Morgan fingerprint density at radius 1 is 0.750 bits per heavy atom. The summed E-state index contributed by atoms with van der Waals surface area (Å²) >= 11 is 0. The van der Waals surface area contributed by atoms with E-state index in [2.05, 4.69) is 6.92 Å². The third-order valence-corrected chi connectivity index (χ3v) is 3.89. The number of aliphatic hydroxyl groups excluding tert-OH is 2. The van der Waals surface area contributed by atoms with Gasteiger partial charge in [-0.3, -0.25) is 0 Å². The van der Waals surface area contributed by atoms with Crippen molar-refractivity contribution in [2.24, 2.45) is 5.92 Å². The molecule has 0 rings (SSSR count). The van der Waals surface area contributed by atoms with Gasteiger partial charge >= 0.3 is 0 Å². The lowest BCUT2D eigenvalue weighted by atomic mass is 10.1. The summed E-state index contributed by atoms with van der Waals surface area (Å²) in [6, 6.07) is 0. The summed E-state index contributed by atoms with van der Waals surface area (Å²) in [6.07, 6.45) is 13.5. The van der Waals surface area contributed by atoms with E-state index in [-0.39, 0.29) is 6.61 Å². The molecule has 0 spiro atoms. The Bertz CT molecular complexity index is 170. The van der Waals surface area contributed by atoms with Crippen LogP contribution in [0.15, 0.2) is 0 Å². The van der Waals surface area contributed by atoms with Gasteiger partial charge in [-0.05, 0) is 19.3 Å². The van der Waals surface area contributed by atoms with Crippen LogP contribution in [0.2, 0.25) is 0 Å². The lowest BCUT2D eigenvalue weighted by Gasteiger charge is -2.11. The van der Waals surface area contributed by atoms with Gasteiger partial charge in [0.2, 0.25) is 0 Å². The molecule has 0 aromatic carbocycles. The summed E-state index contributed by atoms with van der Waals surface area (Å²) in [5.41, 5.74) is 0. The minimum atomic E-state index is 0.245. The zero-order valence-corrected chi connectivity index (χ0v) is 13.5. The molecule has 0 aromatic rings. The Morgan fingerprint density at radius 2 is 1.25 bits per heavy atom. The Hall–Kier alpha value is -0.120. The van der Waals surface area contributed by atoms with Crippen molar-refractivity contribution in [2.45, 2.75) is 77.6 Å². The second-order valence-corrected chi connectivity index (χ2v) is 5.79. The van der Waals surface area contributed by atoms with Crippen LogP contribution >= 0.6 is 0 Å². The molecular weight excluding hydrogens is 252 g/mol. The largest absolute Gasteiger partial charge is 0.396 e. The van der Waals surface area contributed by atoms with Gasteiger partial charge in [-0.15, -0.1) is 0 Å². The molecule has 0 radical (unpaired) electrons. The molecule has 0 aliphatic heterocycles. The van der Waals surface area contributed by atoms with Gasteiger partial charge in [-0.25, -0.2) is 0 Å². The first-order valence-corrected chi connectivity index (χ1v) is 8.64. The molecule has 0 saturated carbocycles. The molecule has 2 N–H and O–H groups in total. The summed E-state index contributed by atoms with van der Waals surface area (Å²) in [5.74, 6) is 0.320. The van der Waals surface area contributed by atoms with Crippen molar-refractivity contribution in [2.75, 3.05) is 26.4 Å². The molecule has 0 aromatic heterocycles. The summed E-state index contributed by atoms with van der Waals surface area (Å²) in [5, 5.41) is 17.7. The first kappa shape index (κ1) is 19.9. The van der Waals surface area contributed by atoms with Crippen molar-refractivity contribution < 1.29 is 14.9 Å². The molecule has 0 aliphatic rings. The molecule has 1 atom stereocenters. The lowest BCUT2D eigenvalue weighted by Crippen LogP contribution is -2.13. The predicted octanol–water partition coefficient (Wildman–Crippen LogP) is 3.91. The lowest BCUT2D eigenvalue weighted by molar-refractivity contribution is 0.0691. The van der Waals surface area contributed by atoms with Gasteiger partial charge in [0.1, 0.15) is 0 Å². The topological polar surface area (TPSA) is 49.7 Å². The maximum absolute atomic E-state index is 9.02. The standard InChI is InChI=1S/C17H36O3/c1-2-17(15-19)16-20-14-12-10-8-6-4-3-5-7-9-11-13-18/h17-19H,2-16H2,1H3. The number of ether oxygens (including phenoxy) is 1. The van der Waals surface area contributed by atoms with Crippen LogP contribution in [0, 0.1) is 5.92 Å². The van der Waals surface area contributed by atoms with E-state index in [4.69, 9.17) is 14.9 Å². The third kappa shape index (κ3) is 14.3. The highest BCUT2D eigenvalue weighted by Gasteiger charge is 2.03. The monoisotopic (exact) mass is 288 g/mol. The summed E-state index contributed by atoms with van der Waals surface area (Å²) < 4.78 is 5.58. The van der Waals surface area contributed by atoms with E-state index in [1.165, 1.54) is 51.4 Å². The SMILES string of the molecule is CCC(CO)COCCCCCCCCCCCCO. The highest BCUT2D eigenvalue weighted by atomic mass is 16.5. The van der Waals surface area contributed by atoms with Crippen LogP contribution < -0.4 is 0 Å². The summed E-state index contributed by atoms with van der Waals surface area (Å²) in [7, 11) is 0. The Labute approximate surface area is 125 Å². The number of aliphatic hydroxyl groups is 2. The number of unbranched alkanes of at least 4 members (excludes halogenated alkanes) is 9. The van der Waals surface area contributed by atoms with Crippen LogP contribution in [0.3, 0.4) is 0 Å². The van der Waals surface area contributed by atoms with Gasteiger partial charge in [0, 0.05) is 25.7 Å². The van der Waals surface area contributed by atoms with Crippen molar-refractivity contribution >= 4 is 0 Å². The molecule has 0 heterocycles. The van der Waals surface area contributed by atoms with Gasteiger partial charge in [-0.1, -0.05) is 58.3 Å². The van der Waals surface area contributed by atoms with Crippen LogP contribution in [0.4, 0.5) is 0 Å². The van der Waals surface area contributed by atoms with Gasteiger partial charge in [0.15, 0.2) is 0 Å². The number of rotatable bonds is 16. The second-order valence-electron chi connectivity index (χ2n) is 5.79. The Kier molecular flexibility index (Phi) is 16.8. The van der Waals surface area contributed by atoms with Crippen LogP contribution in [0.1, 0.15) is 77.6 Å². The minimum Gasteiger partial charge on any atom is -0.396 e. The molecule has 3 nitrogen and oxygen atoms in total. The van der Waals surface area contributed by atoms with Crippen molar-refractivity contribution in [3.05, 3.63) is 0 Å². The van der Waals surface area contributed by atoms with Crippen LogP contribution in [0.5, 0.6) is 0 Å². The smallest absolute Gasteiger partial charge is 0.0516 e. The number of hydrogen-bond acceptors (Lipinski definition) is 3. The Balaban J connectivity index is 3.02. The molecule has 0 aliphatic carbocycles. The van der Waals surface area contributed by atoms with E-state index in [0.717, 1.165) is 25.9 Å². The predicted molar refractivity (Wildman–Crippen MR) is 84.9 cm³/mol. The van der Waals surface area contributed by atoms with Crippen LogP contribution in [-0.4, -0.2) is 36.6 Å². The molecule has 122 valence electrons. The van der Waals surface area contributed by atoms with Crippen molar-refractivity contribution in [1.82, 2.24) is 0 Å². The Morgan fingerprint density at radius 3 is 1.70 bits per heavy atom. The normalized spacial score (nSPS) is 12.8. The van der Waals surface area contributed by atoms with Crippen LogP contribution in [-0.2, 0) is 4.74 Å². The minimum absolute atomic E-state index is 0.245. The van der Waals surface area contributed by atoms with E-state index in [9.17, 15) is 0 Å². The maximum atomic E-state index is 9.02. The fourth-order valence-corrected chi connectivity index (χ4v) is 2.28. The first-order valence-electron chi connectivity index (χ1n) is 8.64. The molecule has 1 unspecified atom stereocenters. The van der Waals surface area contributed by atoms with Gasteiger partial charge in [0.05, 0.1) is 6.61 Å². The van der Waals surface area contributed by atoms with E-state index in [1.54, 1.807) is 0 Å². The quantitative estimate of drug-likeness (QED) is 0.423. The van der Waals surface area contributed by atoms with Gasteiger partial charge in [-0.2, -0.15) is 0 Å². The van der Waals surface area contributed by atoms with E-state index >= 15 is 0 Å². The summed E-state index contributed by atoms with van der Waals surface area (Å²) in [6.45, 7) is 4.24. The first-order chi connectivity index (χ1) is 9.85. The molecule has 0 saturated heterocycles. The third-order valence-electron chi connectivity index (χ3n) is 3.89. The van der Waals surface area contributed by atoms with Crippen molar-refractivity contribution in [1.29, 1.82) is 0 Å². The fraction of sp³-hybridized carbons (Fsp3) is 1.00. The molecule has 0 fully saturated rings. The van der Waals surface area contributed by atoms with Gasteiger partial charge in [0.25, 0.3) is 0 Å². The van der Waals surface area contributed by atoms with Gasteiger partial charge < -0.3 is 14.9 Å². The number of hydrogen-bond donors (Lipinski definition) is 2.